The van der Waals surface area contributed by atoms with E-state index in [-0.39, 0.29) is 17.1 Å². The first-order valence-corrected chi connectivity index (χ1v) is 12.9. The van der Waals surface area contributed by atoms with Crippen molar-refractivity contribution in [2.75, 3.05) is 36.4 Å². The van der Waals surface area contributed by atoms with Gasteiger partial charge in [0.2, 0.25) is 15.9 Å². The Morgan fingerprint density at radius 3 is 2.31 bits per heavy atom. The fourth-order valence-corrected chi connectivity index (χ4v) is 6.85. The summed E-state index contributed by atoms with van der Waals surface area (Å²) in [7, 11) is -3.14. The molecule has 0 atom stereocenters. The van der Waals surface area contributed by atoms with Crippen molar-refractivity contribution < 1.29 is 22.8 Å². The molecular formula is C22H28N4O5S. The summed E-state index contributed by atoms with van der Waals surface area (Å²) >= 11 is 0. The fourth-order valence-electron chi connectivity index (χ4n) is 4.98. The first-order valence-electron chi connectivity index (χ1n) is 11.4. The lowest BCUT2D eigenvalue weighted by molar-refractivity contribution is -0.136. The van der Waals surface area contributed by atoms with E-state index in [0.717, 1.165) is 36.1 Å². The van der Waals surface area contributed by atoms with Crippen LogP contribution in [0.4, 0.5) is 11.4 Å². The number of nitrogens with zero attached hydrogens (tertiary/aromatic N) is 2. The van der Waals surface area contributed by atoms with Crippen molar-refractivity contribution in [3.63, 3.8) is 0 Å². The molecule has 0 unspecified atom stereocenters. The molecular weight excluding hydrogens is 432 g/mol. The summed E-state index contributed by atoms with van der Waals surface area (Å²) in [5.74, 6) is -1.11. The molecule has 0 radical (unpaired) electrons. The second-order valence-corrected chi connectivity index (χ2v) is 11.4. The van der Waals surface area contributed by atoms with Gasteiger partial charge >= 0.3 is 11.8 Å². The predicted molar refractivity (Wildman–Crippen MR) is 119 cm³/mol. The van der Waals surface area contributed by atoms with Gasteiger partial charge in [0.05, 0.1) is 10.9 Å². The van der Waals surface area contributed by atoms with E-state index in [4.69, 9.17) is 0 Å². The van der Waals surface area contributed by atoms with Crippen LogP contribution in [0.3, 0.4) is 0 Å². The third-order valence-corrected chi connectivity index (χ3v) is 9.34. The summed E-state index contributed by atoms with van der Waals surface area (Å²) in [6.07, 6.45) is 4.73. The van der Waals surface area contributed by atoms with Crippen LogP contribution in [0.1, 0.15) is 43.2 Å². The van der Waals surface area contributed by atoms with Crippen LogP contribution in [-0.2, 0) is 37.2 Å². The van der Waals surface area contributed by atoms with Gasteiger partial charge in [-0.1, -0.05) is 0 Å². The number of anilines is 2. The summed E-state index contributed by atoms with van der Waals surface area (Å²) in [6.45, 7) is 1.97. The van der Waals surface area contributed by atoms with Gasteiger partial charge < -0.3 is 15.5 Å². The van der Waals surface area contributed by atoms with E-state index in [1.807, 2.05) is 17.0 Å². The molecule has 0 bridgehead atoms. The molecule has 172 valence electrons. The van der Waals surface area contributed by atoms with Crippen LogP contribution in [-0.4, -0.2) is 61.9 Å². The number of benzene rings is 1. The van der Waals surface area contributed by atoms with E-state index in [1.165, 1.54) is 0 Å². The molecule has 3 amide bonds. The van der Waals surface area contributed by atoms with Gasteiger partial charge in [0.15, 0.2) is 0 Å². The van der Waals surface area contributed by atoms with Crippen molar-refractivity contribution >= 4 is 39.1 Å². The van der Waals surface area contributed by atoms with E-state index < -0.39 is 21.8 Å². The first kappa shape index (κ1) is 21.4. The third-order valence-electron chi connectivity index (χ3n) is 6.95. The highest BCUT2D eigenvalue weighted by atomic mass is 32.2. The van der Waals surface area contributed by atoms with Crippen LogP contribution in [0.15, 0.2) is 12.1 Å². The van der Waals surface area contributed by atoms with Gasteiger partial charge in [-0.15, -0.1) is 0 Å². The molecule has 0 spiro atoms. The minimum Gasteiger partial charge on any atom is -0.348 e. The monoisotopic (exact) mass is 460 g/mol. The number of amides is 3. The molecule has 3 aliphatic heterocycles. The van der Waals surface area contributed by atoms with E-state index in [0.29, 0.717) is 57.5 Å². The summed E-state index contributed by atoms with van der Waals surface area (Å²) < 4.78 is 26.2. The molecule has 1 saturated heterocycles. The second-order valence-electron chi connectivity index (χ2n) is 9.19. The normalized spacial score (nSPS) is 21.4. The van der Waals surface area contributed by atoms with Crippen molar-refractivity contribution in [3.05, 3.63) is 23.3 Å². The van der Waals surface area contributed by atoms with Crippen LogP contribution in [0.5, 0.6) is 0 Å². The highest BCUT2D eigenvalue weighted by molar-refractivity contribution is 7.90. The Kier molecular flexibility index (Phi) is 5.45. The molecule has 2 N–H and O–H groups in total. The van der Waals surface area contributed by atoms with Crippen molar-refractivity contribution in [1.29, 1.82) is 0 Å². The van der Waals surface area contributed by atoms with Gasteiger partial charge in [-0.25, -0.2) is 12.7 Å². The van der Waals surface area contributed by atoms with Crippen LogP contribution >= 0.6 is 0 Å². The molecule has 32 heavy (non-hydrogen) atoms. The lowest BCUT2D eigenvalue weighted by atomic mass is 9.98. The number of carbonyl (C=O) groups is 3. The molecule has 1 aromatic rings. The highest BCUT2D eigenvalue weighted by Gasteiger charge is 2.41. The summed E-state index contributed by atoms with van der Waals surface area (Å²) in [5, 5.41) is 5.19. The number of rotatable bonds is 5. The van der Waals surface area contributed by atoms with Crippen molar-refractivity contribution in [2.45, 2.75) is 50.2 Å². The molecule has 10 heteroatoms. The predicted octanol–water partition coefficient (Wildman–Crippen LogP) is 0.781. The highest BCUT2D eigenvalue weighted by Crippen LogP contribution is 2.38. The first-order chi connectivity index (χ1) is 15.3. The van der Waals surface area contributed by atoms with E-state index in [9.17, 15) is 22.8 Å². The lowest BCUT2D eigenvalue weighted by Crippen LogP contribution is -2.44. The van der Waals surface area contributed by atoms with Crippen LogP contribution in [0, 0.1) is 5.92 Å². The maximum absolute atomic E-state index is 12.4. The van der Waals surface area contributed by atoms with Crippen LogP contribution in [0.25, 0.3) is 0 Å². The number of nitrogens with one attached hydrogen (secondary N) is 2. The van der Waals surface area contributed by atoms with E-state index in [2.05, 4.69) is 10.6 Å². The van der Waals surface area contributed by atoms with Crippen molar-refractivity contribution in [3.8, 4) is 0 Å². The fraction of sp³-hybridized carbons (Fsp3) is 0.591. The Bertz CT molecular complexity index is 1070. The van der Waals surface area contributed by atoms with Gasteiger partial charge in [0.25, 0.3) is 0 Å². The molecule has 1 saturated carbocycles. The lowest BCUT2D eigenvalue weighted by Gasteiger charge is -2.31. The molecule has 4 aliphatic rings. The number of hydrogen-bond donors (Lipinski definition) is 2. The molecule has 0 aromatic heterocycles. The molecule has 9 nitrogen and oxygen atoms in total. The zero-order chi connectivity index (χ0) is 22.5. The summed E-state index contributed by atoms with van der Waals surface area (Å²) in [6, 6.07) is 3.70. The largest absolute Gasteiger partial charge is 0.348 e. The molecule has 3 heterocycles. The van der Waals surface area contributed by atoms with Gasteiger partial charge in [-0.2, -0.15) is 0 Å². The average molecular weight is 461 g/mol. The Morgan fingerprint density at radius 2 is 1.62 bits per heavy atom. The standard InChI is InChI=1S/C22H28N4O5S/c27-19-4-1-15-11-17(12-16-7-10-26(19)20(15)16)24-22(29)21(28)23-13-14-5-8-25(9-6-14)32(30,31)18-2-3-18/h11-12,14,18H,1-10,13H2,(H,23,28)(H,24,29). The molecule has 5 rings (SSSR count). The van der Waals surface area contributed by atoms with Crippen LogP contribution < -0.4 is 15.5 Å². The molecule has 2 fully saturated rings. The SMILES string of the molecule is O=C(NCC1CCN(S(=O)(=O)C2CC2)CC1)C(=O)Nc1cc2c3c(c1)CCN3C(=O)CC2. The number of aryl methyl sites for hydroxylation is 1. The summed E-state index contributed by atoms with van der Waals surface area (Å²) in [5.41, 5.74) is 3.61. The zero-order valence-electron chi connectivity index (χ0n) is 17.9. The molecule has 1 aliphatic carbocycles. The number of piperidine rings is 1. The average Bonchev–Trinajstić information content (AvgIpc) is 3.56. The quantitative estimate of drug-likeness (QED) is 0.630. The number of hydrogen-bond acceptors (Lipinski definition) is 5. The van der Waals surface area contributed by atoms with Gasteiger partial charge in [-0.3, -0.25) is 14.4 Å². The van der Waals surface area contributed by atoms with Gasteiger partial charge in [0.1, 0.15) is 0 Å². The maximum atomic E-state index is 12.4. The number of carbonyl (C=O) groups excluding carboxylic acids is 3. The Hall–Kier alpha value is -2.46. The minimum absolute atomic E-state index is 0.142. The van der Waals surface area contributed by atoms with Crippen LogP contribution in [0.2, 0.25) is 0 Å². The van der Waals surface area contributed by atoms with E-state index >= 15 is 0 Å². The van der Waals surface area contributed by atoms with Gasteiger partial charge in [-0.05, 0) is 67.7 Å². The summed E-state index contributed by atoms with van der Waals surface area (Å²) in [4.78, 5) is 38.6. The topological polar surface area (TPSA) is 116 Å². The second kappa shape index (κ2) is 8.15. The smallest absolute Gasteiger partial charge is 0.313 e. The van der Waals surface area contributed by atoms with E-state index in [1.54, 1.807) is 4.31 Å². The number of sulfonamides is 1. The minimum atomic E-state index is -3.14. The molecule has 1 aromatic carbocycles. The zero-order valence-corrected chi connectivity index (χ0v) is 18.7. The maximum Gasteiger partial charge on any atom is 0.313 e. The Morgan fingerprint density at radius 1 is 0.938 bits per heavy atom. The van der Waals surface area contributed by atoms with Crippen molar-refractivity contribution in [1.82, 2.24) is 9.62 Å². The van der Waals surface area contributed by atoms with Gasteiger partial charge in [0, 0.05) is 38.3 Å². The van der Waals surface area contributed by atoms with Crippen molar-refractivity contribution in [2.24, 2.45) is 5.92 Å². The third kappa shape index (κ3) is 4.01. The Labute approximate surface area is 187 Å². The Balaban J connectivity index is 1.12.